The van der Waals surface area contributed by atoms with E-state index in [1.54, 1.807) is 64.1 Å². The van der Waals surface area contributed by atoms with Crippen LogP contribution < -0.4 is 20.9 Å². The van der Waals surface area contributed by atoms with Crippen molar-refractivity contribution in [3.63, 3.8) is 0 Å². The highest BCUT2D eigenvalue weighted by Crippen LogP contribution is 2.40. The molecule has 5 aromatic rings. The number of benzene rings is 2. The fourth-order valence-electron chi connectivity index (χ4n) is 8.93. The number of fused-ring (bicyclic) bond motifs is 3. The number of hydrogen-bond acceptors (Lipinski definition) is 11. The Bertz CT molecular complexity index is 2710. The first-order chi connectivity index (χ1) is 30.4. The van der Waals surface area contributed by atoms with Crippen LogP contribution in [0, 0.1) is 0 Å². The Morgan fingerprint density at radius 3 is 2.49 bits per heavy atom. The highest BCUT2D eigenvalue weighted by molar-refractivity contribution is 6.23. The maximum Gasteiger partial charge on any atom is 0.264 e. The molecule has 1 unspecified atom stereocenters. The number of rotatable bonds is 11. The number of alkyl halides is 2. The van der Waals surface area contributed by atoms with Crippen molar-refractivity contribution in [3.8, 4) is 11.1 Å². The molecule has 17 nitrogen and oxygen atoms in total. The van der Waals surface area contributed by atoms with Crippen LogP contribution in [0.3, 0.4) is 0 Å². The summed E-state index contributed by atoms with van der Waals surface area (Å²) < 4.78 is 39.7. The molecule has 4 aliphatic rings. The van der Waals surface area contributed by atoms with Crippen molar-refractivity contribution in [1.82, 2.24) is 39.6 Å². The molecule has 0 bridgehead atoms. The minimum absolute atomic E-state index is 0.00752. The SMILES string of the molecule is CC(=O)N1CCc2c(c(N(C)c3ccc(-c4cc5nccn5cc4C(=O)NCCNc4ccc5c(c4)C(=O)N(C4CCC(=O)NC4=O)C5=O)c(C(F)F)c3)nn2C2CCOCC2)C1. The van der Waals surface area contributed by atoms with Gasteiger partial charge in [0.15, 0.2) is 5.82 Å². The zero-order valence-electron chi connectivity index (χ0n) is 34.5. The fourth-order valence-corrected chi connectivity index (χ4v) is 8.93. The fraction of sp³-hybridized carbons (Fsp3) is 0.364. The summed E-state index contributed by atoms with van der Waals surface area (Å²) in [6.07, 6.45) is 4.07. The second-order valence-electron chi connectivity index (χ2n) is 16.0. The third kappa shape index (κ3) is 7.66. The first-order valence-corrected chi connectivity index (χ1v) is 20.8. The average Bonchev–Trinajstić information content (AvgIpc) is 3.98. The normalized spacial score (nSPS) is 17.9. The summed E-state index contributed by atoms with van der Waals surface area (Å²) in [4.78, 5) is 85.6. The van der Waals surface area contributed by atoms with Gasteiger partial charge in [-0.15, -0.1) is 0 Å². The lowest BCUT2D eigenvalue weighted by Gasteiger charge is -2.29. The molecule has 0 saturated carbocycles. The van der Waals surface area contributed by atoms with Crippen LogP contribution in [0.15, 0.2) is 61.1 Å². The minimum Gasteiger partial charge on any atom is -0.383 e. The number of pyridine rings is 1. The number of hydrogen-bond donors (Lipinski definition) is 3. The molecule has 19 heteroatoms. The van der Waals surface area contributed by atoms with Crippen molar-refractivity contribution in [2.75, 3.05) is 50.1 Å². The molecular weight excluding hydrogens is 819 g/mol. The molecule has 6 amide bonds. The number of halogens is 2. The number of nitrogens with one attached hydrogen (secondary N) is 3. The number of piperidine rings is 1. The van der Waals surface area contributed by atoms with Gasteiger partial charge in [0.1, 0.15) is 11.7 Å². The van der Waals surface area contributed by atoms with Gasteiger partial charge in [0.2, 0.25) is 17.7 Å². The van der Waals surface area contributed by atoms with Crippen LogP contribution in [-0.4, -0.2) is 110 Å². The van der Waals surface area contributed by atoms with Gasteiger partial charge in [-0.2, -0.15) is 5.10 Å². The number of nitrogens with zero attached hydrogens (tertiary/aromatic N) is 7. The van der Waals surface area contributed by atoms with E-state index in [2.05, 4.69) is 20.9 Å². The summed E-state index contributed by atoms with van der Waals surface area (Å²) in [5, 5.41) is 13.2. The van der Waals surface area contributed by atoms with Gasteiger partial charge < -0.3 is 29.6 Å². The van der Waals surface area contributed by atoms with Crippen LogP contribution in [0.2, 0.25) is 0 Å². The van der Waals surface area contributed by atoms with E-state index in [0.717, 1.165) is 29.0 Å². The lowest BCUT2D eigenvalue weighted by Crippen LogP contribution is -2.54. The molecular formula is C44H44F2N10O7. The van der Waals surface area contributed by atoms with Crippen LogP contribution in [0.25, 0.3) is 16.8 Å². The average molecular weight is 863 g/mol. The predicted octanol–water partition coefficient (Wildman–Crippen LogP) is 4.40. The zero-order chi connectivity index (χ0) is 44.1. The Hall–Kier alpha value is -7.02. The first-order valence-electron chi connectivity index (χ1n) is 20.8. The second kappa shape index (κ2) is 16.7. The van der Waals surface area contributed by atoms with Crippen molar-refractivity contribution in [2.45, 2.75) is 64.1 Å². The summed E-state index contributed by atoms with van der Waals surface area (Å²) in [6.45, 7) is 3.95. The Kier molecular flexibility index (Phi) is 10.9. The van der Waals surface area contributed by atoms with Gasteiger partial charge in [0, 0.05) is 112 Å². The first kappa shape index (κ1) is 41.3. The lowest BCUT2D eigenvalue weighted by atomic mass is 9.95. The molecule has 0 radical (unpaired) electrons. The van der Waals surface area contributed by atoms with E-state index < -0.39 is 42.0 Å². The number of carbonyl (C=O) groups excluding carboxylic acids is 6. The molecule has 326 valence electrons. The van der Waals surface area contributed by atoms with Gasteiger partial charge in [-0.25, -0.2) is 13.8 Å². The summed E-state index contributed by atoms with van der Waals surface area (Å²) >= 11 is 0. The molecule has 1 atom stereocenters. The maximum atomic E-state index is 15.2. The molecule has 2 saturated heterocycles. The van der Waals surface area contributed by atoms with Crippen LogP contribution in [-0.2, 0) is 32.1 Å². The monoisotopic (exact) mass is 862 g/mol. The molecule has 7 heterocycles. The van der Waals surface area contributed by atoms with Gasteiger partial charge in [-0.05, 0) is 61.2 Å². The van der Waals surface area contributed by atoms with E-state index >= 15 is 8.78 Å². The third-order valence-corrected chi connectivity index (χ3v) is 12.3. The minimum atomic E-state index is -2.92. The number of aromatic nitrogens is 4. The van der Waals surface area contributed by atoms with E-state index in [4.69, 9.17) is 9.84 Å². The predicted molar refractivity (Wildman–Crippen MR) is 224 cm³/mol. The quantitative estimate of drug-likeness (QED) is 0.126. The highest BCUT2D eigenvalue weighted by Gasteiger charge is 2.44. The smallest absolute Gasteiger partial charge is 0.264 e. The van der Waals surface area contributed by atoms with Gasteiger partial charge in [-0.1, -0.05) is 6.07 Å². The van der Waals surface area contributed by atoms with Gasteiger partial charge in [-0.3, -0.25) is 43.7 Å². The van der Waals surface area contributed by atoms with Gasteiger partial charge >= 0.3 is 0 Å². The van der Waals surface area contributed by atoms with Crippen LogP contribution in [0.4, 0.5) is 26.0 Å². The Balaban J connectivity index is 0.940. The van der Waals surface area contributed by atoms with Crippen molar-refractivity contribution < 1.29 is 42.3 Å². The molecule has 3 aromatic heterocycles. The maximum absolute atomic E-state index is 15.2. The summed E-state index contributed by atoms with van der Waals surface area (Å²) in [6, 6.07) is 9.90. The number of carbonyl (C=O) groups is 6. The van der Waals surface area contributed by atoms with Crippen molar-refractivity contribution >= 4 is 58.3 Å². The van der Waals surface area contributed by atoms with Crippen molar-refractivity contribution in [2.24, 2.45) is 0 Å². The topological polar surface area (TPSA) is 193 Å². The summed E-state index contributed by atoms with van der Waals surface area (Å²) in [7, 11) is 1.77. The molecule has 0 spiro atoms. The number of imidazole rings is 1. The number of anilines is 3. The van der Waals surface area contributed by atoms with E-state index in [-0.39, 0.29) is 71.3 Å². The third-order valence-electron chi connectivity index (χ3n) is 12.3. The van der Waals surface area contributed by atoms with E-state index in [9.17, 15) is 28.8 Å². The zero-order valence-corrected chi connectivity index (χ0v) is 34.5. The molecule has 63 heavy (non-hydrogen) atoms. The van der Waals surface area contributed by atoms with E-state index in [1.165, 1.54) is 25.1 Å². The van der Waals surface area contributed by atoms with E-state index in [1.807, 2.05) is 4.68 Å². The van der Waals surface area contributed by atoms with Crippen LogP contribution >= 0.6 is 0 Å². The highest BCUT2D eigenvalue weighted by atomic mass is 19.3. The van der Waals surface area contributed by atoms with Gasteiger partial charge in [0.25, 0.3) is 24.1 Å². The molecule has 2 fully saturated rings. The van der Waals surface area contributed by atoms with Crippen LogP contribution in [0.5, 0.6) is 0 Å². The Morgan fingerprint density at radius 1 is 0.952 bits per heavy atom. The molecule has 2 aromatic carbocycles. The Morgan fingerprint density at radius 2 is 1.73 bits per heavy atom. The Labute approximate surface area is 359 Å². The van der Waals surface area contributed by atoms with Crippen LogP contribution in [0.1, 0.15) is 93.0 Å². The molecule has 3 N–H and O–H groups in total. The number of amides is 6. The van der Waals surface area contributed by atoms with E-state index in [0.29, 0.717) is 55.6 Å². The largest absolute Gasteiger partial charge is 0.383 e. The number of imide groups is 2. The summed E-state index contributed by atoms with van der Waals surface area (Å²) in [5.74, 6) is -2.43. The second-order valence-corrected chi connectivity index (χ2v) is 16.0. The van der Waals surface area contributed by atoms with Gasteiger partial charge in [0.05, 0.1) is 29.3 Å². The summed E-state index contributed by atoms with van der Waals surface area (Å²) in [5.41, 5.74) is 3.77. The number of ether oxygens (including phenoxy) is 1. The molecule has 4 aliphatic heterocycles. The lowest BCUT2D eigenvalue weighted by molar-refractivity contribution is -0.136. The molecule has 9 rings (SSSR count). The molecule has 0 aliphatic carbocycles. The standard InChI is InChI=1S/C44H44F2N10O7/c1-24(57)53-15-9-35-34(23-53)40(51-56(35)26-10-17-63-18-11-26)52(2)27-4-6-28(31(20-27)39(45)46)30-21-37-48-14-16-54(37)22-33(30)41(59)49-13-12-47-25-3-5-29-32(19-25)44(62)55(43(29)61)36-7-8-38(58)50-42(36)60/h3-6,14,16,19-22,26,36,39,47H,7-13,15,17-18,23H2,1-2H3,(H,49,59)(H,50,58,60). The van der Waals surface area contributed by atoms with Crippen molar-refractivity contribution in [1.29, 1.82) is 0 Å². The van der Waals surface area contributed by atoms with Crippen molar-refractivity contribution in [3.05, 3.63) is 94.6 Å².